The summed E-state index contributed by atoms with van der Waals surface area (Å²) in [7, 11) is 0. The molecule has 0 unspecified atom stereocenters. The van der Waals surface area contributed by atoms with Crippen LogP contribution in [0.4, 0.5) is 11.4 Å². The fourth-order valence-electron chi connectivity index (χ4n) is 9.60. The zero-order valence-electron chi connectivity index (χ0n) is 45.7. The van der Waals surface area contributed by atoms with Crippen molar-refractivity contribution in [1.29, 1.82) is 0 Å². The summed E-state index contributed by atoms with van der Waals surface area (Å²) in [5.74, 6) is -0.653. The van der Waals surface area contributed by atoms with E-state index in [1.807, 2.05) is 61.5 Å². The van der Waals surface area contributed by atoms with Crippen molar-refractivity contribution in [3.05, 3.63) is 247 Å². The lowest BCUT2D eigenvalue weighted by Gasteiger charge is -2.28. The van der Waals surface area contributed by atoms with Gasteiger partial charge in [0.15, 0.2) is 0 Å². The number of phenolic OH excluding ortho intramolecular Hbond substituents is 1. The first-order valence-electron chi connectivity index (χ1n) is 26.2. The van der Waals surface area contributed by atoms with Crippen LogP contribution in [0.3, 0.4) is 0 Å². The van der Waals surface area contributed by atoms with E-state index in [0.29, 0.717) is 89.8 Å². The molecular weight excluding hydrogens is 957 g/mol. The van der Waals surface area contributed by atoms with Crippen LogP contribution in [0.15, 0.2) is 174 Å². The quantitative estimate of drug-likeness (QED) is 0.0913. The van der Waals surface area contributed by atoms with Gasteiger partial charge in [0, 0.05) is 70.2 Å². The Morgan fingerprint density at radius 1 is 0.390 bits per heavy atom. The molecule has 0 saturated carbocycles. The first-order valence-corrected chi connectivity index (χ1v) is 26.2. The maximum absolute atomic E-state index is 14.6. The minimum Gasteiger partial charge on any atom is -0.507 e. The van der Waals surface area contributed by atoms with Crippen LogP contribution in [0, 0.1) is 6.92 Å². The molecule has 0 heterocycles. The number of esters is 3. The highest BCUT2D eigenvalue weighted by atomic mass is 16.5. The van der Waals surface area contributed by atoms with Gasteiger partial charge in [-0.05, 0) is 100 Å². The number of ether oxygens (including phenoxy) is 3. The molecule has 0 spiro atoms. The Hall–Kier alpha value is -8.43. The molecule has 9 rings (SSSR count). The molecule has 0 radical (unpaired) electrons. The summed E-state index contributed by atoms with van der Waals surface area (Å²) in [5, 5.41) is 22.3. The van der Waals surface area contributed by atoms with Crippen LogP contribution in [0.5, 0.6) is 23.0 Å². The Morgan fingerprint density at radius 2 is 0.675 bits per heavy atom. The maximum atomic E-state index is 14.6. The van der Waals surface area contributed by atoms with Crippen LogP contribution in [-0.2, 0) is 41.9 Å². The van der Waals surface area contributed by atoms with Crippen molar-refractivity contribution in [2.45, 2.75) is 111 Å². The zero-order chi connectivity index (χ0) is 54.8. The summed E-state index contributed by atoms with van der Waals surface area (Å²) >= 11 is 0. The molecular formula is C68H66N2O7. The van der Waals surface area contributed by atoms with Crippen LogP contribution >= 0.6 is 0 Å². The third-order valence-corrected chi connectivity index (χ3v) is 14.1. The molecule has 0 amide bonds. The van der Waals surface area contributed by atoms with E-state index in [1.165, 1.54) is 0 Å². The van der Waals surface area contributed by atoms with Crippen LogP contribution in [0.2, 0.25) is 0 Å². The maximum Gasteiger partial charge on any atom is 0.343 e. The third-order valence-electron chi connectivity index (χ3n) is 14.1. The third kappa shape index (κ3) is 12.3. The van der Waals surface area contributed by atoms with Crippen LogP contribution in [0.1, 0.15) is 160 Å². The van der Waals surface area contributed by atoms with Crippen molar-refractivity contribution in [1.82, 2.24) is 0 Å². The second-order valence-corrected chi connectivity index (χ2v) is 23.2. The molecule has 8 bridgehead atoms. The average Bonchev–Trinajstić information content (AvgIpc) is 3.42. The van der Waals surface area contributed by atoms with Gasteiger partial charge in [-0.15, -0.1) is 0 Å². The lowest BCUT2D eigenvalue weighted by molar-refractivity contribution is 0.0722. The standard InChI is InChI=1S/C68H66N2O7/c1-42-22-20-21-29-58(42)70-69-57-40-46-30-48-34-54(66(2,3)4)36-50(60(48)75-63(72)43-23-14-11-15-24-43)32-52-38-56(68(8,9)10)39-53(62(52)77-65(74)45-27-18-13-19-28-45)33-51-37-55(67(5,6)7)35-49(31-47(41-57)59(46)71)61(51)76-64(73)44-25-16-12-17-26-44/h11-29,34-41,71H,30-33H2,1-10H3. The molecule has 0 aromatic heterocycles. The monoisotopic (exact) mass is 1020 g/mol. The normalized spacial score (nSPS) is 12.8. The lowest BCUT2D eigenvalue weighted by atomic mass is 9.80. The van der Waals surface area contributed by atoms with Gasteiger partial charge in [0.25, 0.3) is 0 Å². The Labute approximate surface area is 452 Å². The molecule has 390 valence electrons. The summed E-state index contributed by atoms with van der Waals surface area (Å²) in [4.78, 5) is 43.5. The van der Waals surface area contributed by atoms with E-state index >= 15 is 0 Å². The van der Waals surface area contributed by atoms with Crippen molar-refractivity contribution in [2.24, 2.45) is 10.2 Å². The number of aromatic hydroxyl groups is 1. The first-order chi connectivity index (χ1) is 36.6. The molecule has 77 heavy (non-hydrogen) atoms. The number of benzene rings is 8. The Bertz CT molecular complexity index is 3390. The van der Waals surface area contributed by atoms with E-state index in [-0.39, 0.29) is 31.4 Å². The number of hydrogen-bond acceptors (Lipinski definition) is 9. The van der Waals surface area contributed by atoms with Gasteiger partial charge in [0.2, 0.25) is 0 Å². The van der Waals surface area contributed by atoms with Gasteiger partial charge in [-0.25, -0.2) is 14.4 Å². The van der Waals surface area contributed by atoms with E-state index in [4.69, 9.17) is 24.4 Å². The highest BCUT2D eigenvalue weighted by molar-refractivity contribution is 5.93. The summed E-state index contributed by atoms with van der Waals surface area (Å²) in [6, 6.07) is 50.4. The Balaban J connectivity index is 1.39. The number of phenols is 1. The lowest BCUT2D eigenvalue weighted by Crippen LogP contribution is -2.19. The highest BCUT2D eigenvalue weighted by Crippen LogP contribution is 2.45. The minimum absolute atomic E-state index is 0.00757. The highest BCUT2D eigenvalue weighted by Gasteiger charge is 2.30. The molecule has 9 heteroatoms. The molecule has 0 atom stereocenters. The Kier molecular flexibility index (Phi) is 15.0. The molecule has 8 aromatic carbocycles. The fraction of sp³-hybridized carbons (Fsp3) is 0.250. The molecule has 0 fully saturated rings. The van der Waals surface area contributed by atoms with Gasteiger partial charge in [0.05, 0.1) is 28.1 Å². The van der Waals surface area contributed by atoms with E-state index in [2.05, 4.69) is 98.7 Å². The molecule has 1 aliphatic rings. The van der Waals surface area contributed by atoms with Crippen molar-refractivity contribution in [3.63, 3.8) is 0 Å². The summed E-state index contributed by atoms with van der Waals surface area (Å²) in [5.41, 5.74) is 9.91. The molecule has 0 aliphatic heterocycles. The second-order valence-electron chi connectivity index (χ2n) is 23.2. The van der Waals surface area contributed by atoms with Crippen molar-refractivity contribution in [2.75, 3.05) is 0 Å². The van der Waals surface area contributed by atoms with Crippen molar-refractivity contribution >= 4 is 29.3 Å². The SMILES string of the molecule is Cc1ccccc1N=Nc1cc2c(O)c(c1)Cc1cc(C(C)(C)C)cc(c1OC(=O)c1ccccc1)Cc1cc(C(C)(C)C)cc(c1OC(=O)c1ccccc1)Cc1cc(C(C)(C)C)cc(c1OC(=O)c1ccccc1)C2. The van der Waals surface area contributed by atoms with Gasteiger partial charge in [-0.2, -0.15) is 10.2 Å². The summed E-state index contributed by atoms with van der Waals surface area (Å²) < 4.78 is 20.0. The number of aryl methyl sites for hydroxylation is 1. The molecule has 9 nitrogen and oxygen atoms in total. The largest absolute Gasteiger partial charge is 0.507 e. The van der Waals surface area contributed by atoms with Crippen LogP contribution in [-0.4, -0.2) is 23.0 Å². The summed E-state index contributed by atoms with van der Waals surface area (Å²) in [6.45, 7) is 21.2. The molecule has 1 N–H and O–H groups in total. The second kappa shape index (κ2) is 21.7. The summed E-state index contributed by atoms with van der Waals surface area (Å²) in [6.07, 6.45) is 0.529. The van der Waals surface area contributed by atoms with E-state index in [9.17, 15) is 19.5 Å². The van der Waals surface area contributed by atoms with E-state index in [1.54, 1.807) is 72.8 Å². The van der Waals surface area contributed by atoms with Gasteiger partial charge in [-0.1, -0.05) is 172 Å². The van der Waals surface area contributed by atoms with Gasteiger partial charge in [0.1, 0.15) is 23.0 Å². The van der Waals surface area contributed by atoms with Crippen molar-refractivity contribution < 1.29 is 33.7 Å². The number of rotatable bonds is 8. The molecule has 1 aliphatic carbocycles. The predicted octanol–water partition coefficient (Wildman–Crippen LogP) is 16.3. The number of fused-ring (bicyclic) bond motifs is 8. The fourth-order valence-corrected chi connectivity index (χ4v) is 9.60. The van der Waals surface area contributed by atoms with E-state index < -0.39 is 34.2 Å². The predicted molar refractivity (Wildman–Crippen MR) is 304 cm³/mol. The topological polar surface area (TPSA) is 124 Å². The number of nitrogens with zero attached hydrogens (tertiary/aromatic N) is 2. The average molecular weight is 1020 g/mol. The first kappa shape index (κ1) is 53.4. The number of carbonyl (C=O) groups excluding carboxylic acids is 3. The van der Waals surface area contributed by atoms with Crippen LogP contribution in [0.25, 0.3) is 0 Å². The smallest absolute Gasteiger partial charge is 0.343 e. The molecule has 0 saturated heterocycles. The molecule has 8 aromatic rings. The van der Waals surface area contributed by atoms with Gasteiger partial charge >= 0.3 is 17.9 Å². The van der Waals surface area contributed by atoms with Crippen molar-refractivity contribution in [3.8, 4) is 23.0 Å². The number of carbonyl (C=O) groups is 3. The van der Waals surface area contributed by atoms with Gasteiger partial charge in [-0.3, -0.25) is 0 Å². The number of hydrogen-bond donors (Lipinski definition) is 1. The number of azo groups is 1. The Morgan fingerprint density at radius 3 is 0.974 bits per heavy atom. The van der Waals surface area contributed by atoms with Crippen LogP contribution < -0.4 is 14.2 Å². The van der Waals surface area contributed by atoms with Gasteiger partial charge < -0.3 is 19.3 Å². The van der Waals surface area contributed by atoms with E-state index in [0.717, 1.165) is 22.3 Å². The minimum atomic E-state index is -0.553. The zero-order valence-corrected chi connectivity index (χ0v) is 45.7.